The standard InChI is InChI=1S/C27H32N6O4S/c1-5-17-18(13-28)24(32-12-11-20(21(34)15-32)33(26(36)37)27(2,3)4)31-25(19(17)14-29)38-22(23(30)35)16-9-7-6-8-10-16/h6-10,20-22,34H,5,11-12,15H2,1-4H3,(H2,30,35)(H,36,37)/t20-,21-,22-/m1/s1. The molecule has 0 unspecified atom stereocenters. The van der Waals surface area contributed by atoms with Crippen molar-refractivity contribution < 1.29 is 19.8 Å². The van der Waals surface area contributed by atoms with Crippen LogP contribution in [0.25, 0.3) is 0 Å². The molecule has 1 aliphatic rings. The maximum absolute atomic E-state index is 12.4. The number of carboxylic acid groups (broad SMARTS) is 1. The van der Waals surface area contributed by atoms with E-state index in [9.17, 15) is 30.3 Å². The number of β-amino-alcohol motifs (C(OH)–C–C–N with tert-alkyl or cyclic N) is 1. The monoisotopic (exact) mass is 536 g/mol. The van der Waals surface area contributed by atoms with Gasteiger partial charge in [-0.15, -0.1) is 0 Å². The second kappa shape index (κ2) is 11.7. The maximum Gasteiger partial charge on any atom is 0.408 e. The number of rotatable bonds is 7. The number of carbonyl (C=O) groups excluding carboxylic acids is 1. The van der Waals surface area contributed by atoms with Gasteiger partial charge < -0.3 is 20.8 Å². The largest absolute Gasteiger partial charge is 0.465 e. The lowest BCUT2D eigenvalue weighted by atomic mass is 9.94. The van der Waals surface area contributed by atoms with Crippen molar-refractivity contribution in [2.45, 2.75) is 68.5 Å². The van der Waals surface area contributed by atoms with Gasteiger partial charge in [0.25, 0.3) is 0 Å². The zero-order chi connectivity index (χ0) is 28.2. The van der Waals surface area contributed by atoms with Crippen molar-refractivity contribution in [1.29, 1.82) is 10.5 Å². The van der Waals surface area contributed by atoms with Crippen LogP contribution >= 0.6 is 11.8 Å². The summed E-state index contributed by atoms with van der Waals surface area (Å²) in [7, 11) is 0. The fraction of sp³-hybridized carbons (Fsp3) is 0.444. The minimum absolute atomic E-state index is 0.0449. The van der Waals surface area contributed by atoms with Crippen LogP contribution in [0.3, 0.4) is 0 Å². The quantitative estimate of drug-likeness (QED) is 0.449. The first-order valence-corrected chi connectivity index (χ1v) is 13.2. The zero-order valence-electron chi connectivity index (χ0n) is 21.9. The Kier molecular flexibility index (Phi) is 8.87. The number of benzene rings is 1. The molecule has 1 aromatic carbocycles. The van der Waals surface area contributed by atoms with Crippen LogP contribution in [-0.2, 0) is 11.2 Å². The normalized spacial score (nSPS) is 18.2. The lowest BCUT2D eigenvalue weighted by Crippen LogP contribution is -2.61. The molecule has 0 bridgehead atoms. The number of amides is 2. The molecular formula is C27H32N6O4S. The van der Waals surface area contributed by atoms with Crippen molar-refractivity contribution in [3.63, 3.8) is 0 Å². The summed E-state index contributed by atoms with van der Waals surface area (Å²) in [5, 5.41) is 40.3. The average molecular weight is 537 g/mol. The third-order valence-corrected chi connectivity index (χ3v) is 7.78. The number of anilines is 1. The van der Waals surface area contributed by atoms with Gasteiger partial charge in [0.15, 0.2) is 0 Å². The Morgan fingerprint density at radius 2 is 1.87 bits per heavy atom. The second-order valence-electron chi connectivity index (χ2n) is 10.1. The second-order valence-corrected chi connectivity index (χ2v) is 11.1. The van der Waals surface area contributed by atoms with Gasteiger partial charge in [-0.3, -0.25) is 9.69 Å². The molecule has 4 N–H and O–H groups in total. The smallest absolute Gasteiger partial charge is 0.408 e. The van der Waals surface area contributed by atoms with Gasteiger partial charge in [-0.2, -0.15) is 10.5 Å². The summed E-state index contributed by atoms with van der Waals surface area (Å²) in [5.41, 5.74) is 6.59. The number of pyridine rings is 1. The Morgan fingerprint density at radius 1 is 1.24 bits per heavy atom. The number of nitrogens with two attached hydrogens (primary N) is 1. The Morgan fingerprint density at radius 3 is 2.34 bits per heavy atom. The summed E-state index contributed by atoms with van der Waals surface area (Å²) in [6.07, 6.45) is -1.46. The predicted molar refractivity (Wildman–Crippen MR) is 144 cm³/mol. The first-order chi connectivity index (χ1) is 17.9. The molecule has 0 saturated carbocycles. The Labute approximate surface area is 226 Å². The number of aliphatic hydroxyl groups is 1. The molecule has 0 spiro atoms. The van der Waals surface area contributed by atoms with E-state index in [2.05, 4.69) is 17.1 Å². The molecule has 1 saturated heterocycles. The summed E-state index contributed by atoms with van der Waals surface area (Å²) < 4.78 is 0. The Bertz CT molecular complexity index is 1280. The van der Waals surface area contributed by atoms with Crippen molar-refractivity contribution >= 4 is 29.6 Å². The van der Waals surface area contributed by atoms with Crippen LogP contribution < -0.4 is 10.6 Å². The van der Waals surface area contributed by atoms with Crippen LogP contribution in [0.2, 0.25) is 0 Å². The molecule has 0 radical (unpaired) electrons. The van der Waals surface area contributed by atoms with E-state index in [0.717, 1.165) is 11.8 Å². The third kappa shape index (κ3) is 5.85. The average Bonchev–Trinajstić information content (AvgIpc) is 2.86. The number of primary amides is 1. The van der Waals surface area contributed by atoms with Crippen LogP contribution in [0.1, 0.15) is 61.6 Å². The molecule has 11 heteroatoms. The van der Waals surface area contributed by atoms with E-state index in [4.69, 9.17) is 5.73 Å². The van der Waals surface area contributed by atoms with E-state index in [1.165, 1.54) is 4.90 Å². The van der Waals surface area contributed by atoms with Crippen LogP contribution in [0.15, 0.2) is 35.4 Å². The van der Waals surface area contributed by atoms with Crippen molar-refractivity contribution in [1.82, 2.24) is 9.88 Å². The number of nitriles is 2. The zero-order valence-corrected chi connectivity index (χ0v) is 22.7. The van der Waals surface area contributed by atoms with Crippen molar-refractivity contribution in [2.24, 2.45) is 5.73 Å². The lowest BCUT2D eigenvalue weighted by Gasteiger charge is -2.46. The number of carbonyl (C=O) groups is 2. The van der Waals surface area contributed by atoms with E-state index in [0.29, 0.717) is 30.5 Å². The van der Waals surface area contributed by atoms with Gasteiger partial charge in [-0.1, -0.05) is 49.0 Å². The van der Waals surface area contributed by atoms with Crippen molar-refractivity contribution in [3.8, 4) is 12.1 Å². The molecule has 200 valence electrons. The fourth-order valence-electron chi connectivity index (χ4n) is 4.87. The molecule has 0 aliphatic carbocycles. The van der Waals surface area contributed by atoms with Gasteiger partial charge in [0, 0.05) is 18.6 Å². The molecule has 2 aromatic rings. The maximum atomic E-state index is 12.4. The summed E-state index contributed by atoms with van der Waals surface area (Å²) in [6, 6.07) is 12.6. The molecule has 1 fully saturated rings. The summed E-state index contributed by atoms with van der Waals surface area (Å²) in [6.45, 7) is 7.52. The topological polar surface area (TPSA) is 168 Å². The lowest BCUT2D eigenvalue weighted by molar-refractivity contribution is -0.117. The molecule has 3 rings (SSSR count). The number of nitrogens with zero attached hydrogens (tertiary/aromatic N) is 5. The van der Waals surface area contributed by atoms with Crippen LogP contribution in [0, 0.1) is 22.7 Å². The Hall–Kier alpha value is -3.80. The van der Waals surface area contributed by atoms with Crippen LogP contribution in [-0.4, -0.2) is 62.9 Å². The van der Waals surface area contributed by atoms with Gasteiger partial charge >= 0.3 is 6.09 Å². The molecule has 10 nitrogen and oxygen atoms in total. The minimum atomic E-state index is -1.12. The molecule has 3 atom stereocenters. The molecule has 2 amide bonds. The van der Waals surface area contributed by atoms with Crippen molar-refractivity contribution in [2.75, 3.05) is 18.0 Å². The third-order valence-electron chi connectivity index (χ3n) is 6.52. The minimum Gasteiger partial charge on any atom is -0.465 e. The summed E-state index contributed by atoms with van der Waals surface area (Å²) in [4.78, 5) is 32.1. The molecule has 38 heavy (non-hydrogen) atoms. The number of piperidine rings is 1. The number of aromatic nitrogens is 1. The molecule has 1 aliphatic heterocycles. The summed E-state index contributed by atoms with van der Waals surface area (Å²) >= 11 is 1.05. The van der Waals surface area contributed by atoms with E-state index >= 15 is 0 Å². The van der Waals surface area contributed by atoms with Gasteiger partial charge in [-0.25, -0.2) is 9.78 Å². The fourth-order valence-corrected chi connectivity index (χ4v) is 5.92. The Balaban J connectivity index is 2.06. The SMILES string of the molecule is CCc1c(C#N)c(S[C@@H](C(N)=O)c2ccccc2)nc(N2CC[C@@H](N(C(=O)O)C(C)(C)C)[C@H](O)C2)c1C#N. The van der Waals surface area contributed by atoms with Crippen LogP contribution in [0.5, 0.6) is 0 Å². The summed E-state index contributed by atoms with van der Waals surface area (Å²) in [5.74, 6) is -0.305. The first-order valence-electron chi connectivity index (χ1n) is 12.3. The highest BCUT2D eigenvalue weighted by Gasteiger charge is 2.41. The van der Waals surface area contributed by atoms with Crippen molar-refractivity contribution in [3.05, 3.63) is 52.6 Å². The number of thioether (sulfide) groups is 1. The predicted octanol–water partition coefficient (Wildman–Crippen LogP) is 3.42. The van der Waals surface area contributed by atoms with E-state index in [1.807, 2.05) is 13.0 Å². The van der Waals surface area contributed by atoms with E-state index < -0.39 is 34.9 Å². The first kappa shape index (κ1) is 28.8. The highest BCUT2D eigenvalue weighted by Crippen LogP contribution is 2.40. The molecule has 2 heterocycles. The number of hydrogen-bond acceptors (Lipinski definition) is 8. The van der Waals surface area contributed by atoms with Crippen LogP contribution in [0.4, 0.5) is 10.6 Å². The number of aliphatic hydroxyl groups excluding tert-OH is 1. The van der Waals surface area contributed by atoms with Gasteiger partial charge in [0.2, 0.25) is 5.91 Å². The van der Waals surface area contributed by atoms with E-state index in [-0.39, 0.29) is 28.5 Å². The van der Waals surface area contributed by atoms with Gasteiger partial charge in [-0.05, 0) is 44.7 Å². The molecule has 1 aromatic heterocycles. The van der Waals surface area contributed by atoms with E-state index in [1.54, 1.807) is 49.9 Å². The molecular weight excluding hydrogens is 504 g/mol. The van der Waals surface area contributed by atoms with Gasteiger partial charge in [0.1, 0.15) is 28.2 Å². The highest BCUT2D eigenvalue weighted by atomic mass is 32.2. The van der Waals surface area contributed by atoms with Gasteiger partial charge in [0.05, 0.1) is 23.3 Å². The highest BCUT2D eigenvalue weighted by molar-refractivity contribution is 8.00. The number of hydrogen-bond donors (Lipinski definition) is 3.